The SMILES string of the molecule is CC(C)(C)c1ccc2c(c1)c1ccc(-c3[c-]c(-c4ccccn4)cc(-c4ccc(F)cc4F)c3)nc1n2-c1cc2ccccc2[n-]1.[Pt+2]. The van der Waals surface area contributed by atoms with Crippen molar-refractivity contribution >= 4 is 32.8 Å². The Hall–Kier alpha value is -4.93. The Kier molecular flexibility index (Phi) is 7.64. The minimum Gasteiger partial charge on any atom is -0.435 e. The minimum absolute atomic E-state index is 0. The predicted octanol–water partition coefficient (Wildman–Crippen LogP) is 10.1. The fourth-order valence-corrected chi connectivity index (χ4v) is 6.11. The molecule has 0 bridgehead atoms. The first-order valence-corrected chi connectivity index (χ1v) is 15.2. The third kappa shape index (κ3) is 5.47. The Balaban J connectivity index is 0.00000351. The van der Waals surface area contributed by atoms with Gasteiger partial charge < -0.3 is 9.55 Å². The van der Waals surface area contributed by atoms with E-state index in [4.69, 9.17) is 9.97 Å². The van der Waals surface area contributed by atoms with E-state index in [2.05, 4.69) is 72.8 Å². The molecule has 0 atom stereocenters. The maximum atomic E-state index is 15.1. The van der Waals surface area contributed by atoms with Gasteiger partial charge >= 0.3 is 21.1 Å². The predicted molar refractivity (Wildman–Crippen MR) is 181 cm³/mol. The molecule has 4 nitrogen and oxygen atoms in total. The summed E-state index contributed by atoms with van der Waals surface area (Å²) in [6.45, 7) is 6.63. The molecule has 0 N–H and O–H groups in total. The van der Waals surface area contributed by atoms with Gasteiger partial charge in [-0.25, -0.2) is 8.78 Å². The average Bonchev–Trinajstić information content (AvgIpc) is 3.62. The van der Waals surface area contributed by atoms with Crippen LogP contribution in [-0.4, -0.2) is 14.5 Å². The summed E-state index contributed by atoms with van der Waals surface area (Å²) in [4.78, 5) is 14.8. The first-order valence-electron chi connectivity index (χ1n) is 15.2. The van der Waals surface area contributed by atoms with Crippen molar-refractivity contribution in [1.82, 2.24) is 19.5 Å². The number of pyridine rings is 2. The molecule has 232 valence electrons. The fraction of sp³-hybridized carbons (Fsp3) is 0.100. The van der Waals surface area contributed by atoms with E-state index in [0.29, 0.717) is 28.1 Å². The first-order chi connectivity index (χ1) is 22.2. The van der Waals surface area contributed by atoms with Crippen LogP contribution < -0.4 is 4.98 Å². The second-order valence-corrected chi connectivity index (χ2v) is 12.6. The smallest absolute Gasteiger partial charge is 0.435 e. The largest absolute Gasteiger partial charge is 2.00 e. The topological polar surface area (TPSA) is 44.8 Å². The monoisotopic (exact) mass is 797 g/mol. The number of nitrogens with zero attached hydrogens (tertiary/aromatic N) is 4. The van der Waals surface area contributed by atoms with Gasteiger partial charge in [0.25, 0.3) is 0 Å². The molecule has 0 saturated heterocycles. The third-order valence-electron chi connectivity index (χ3n) is 8.49. The number of aromatic nitrogens is 4. The Morgan fingerprint density at radius 3 is 2.28 bits per heavy atom. The van der Waals surface area contributed by atoms with Crippen molar-refractivity contribution in [1.29, 1.82) is 0 Å². The maximum Gasteiger partial charge on any atom is 2.00 e. The average molecular weight is 798 g/mol. The van der Waals surface area contributed by atoms with E-state index < -0.39 is 11.6 Å². The number of benzene rings is 4. The first kappa shape index (κ1) is 30.7. The van der Waals surface area contributed by atoms with Gasteiger partial charge in [0, 0.05) is 34.6 Å². The summed E-state index contributed by atoms with van der Waals surface area (Å²) in [6.07, 6.45) is 1.71. The molecule has 4 aromatic carbocycles. The van der Waals surface area contributed by atoms with Gasteiger partial charge in [-0.2, -0.15) is 0 Å². The zero-order valence-electron chi connectivity index (χ0n) is 25.8. The van der Waals surface area contributed by atoms with Gasteiger partial charge in [-0.1, -0.05) is 116 Å². The number of rotatable bonds is 4. The molecule has 0 radical (unpaired) electrons. The fourth-order valence-electron chi connectivity index (χ4n) is 6.11. The van der Waals surface area contributed by atoms with Crippen molar-refractivity contribution in [2.45, 2.75) is 26.2 Å². The summed E-state index contributed by atoms with van der Waals surface area (Å²) < 4.78 is 31.0. The van der Waals surface area contributed by atoms with Crippen molar-refractivity contribution in [3.05, 3.63) is 139 Å². The molecule has 0 saturated carbocycles. The summed E-state index contributed by atoms with van der Waals surface area (Å²) in [5.74, 6) is -0.483. The molecule has 47 heavy (non-hydrogen) atoms. The molecule has 0 aliphatic rings. The molecule has 7 heteroatoms. The molecule has 0 amide bonds. The van der Waals surface area contributed by atoms with E-state index in [1.165, 1.54) is 17.7 Å². The molecular weight excluding hydrogens is 770 g/mol. The van der Waals surface area contributed by atoms with Gasteiger partial charge in [0.1, 0.15) is 11.6 Å². The van der Waals surface area contributed by atoms with Gasteiger partial charge in [0.2, 0.25) is 0 Å². The number of hydrogen-bond acceptors (Lipinski definition) is 2. The quantitative estimate of drug-likeness (QED) is 0.167. The van der Waals surface area contributed by atoms with Crippen LogP contribution in [0.15, 0.2) is 115 Å². The van der Waals surface area contributed by atoms with Gasteiger partial charge in [-0.05, 0) is 51.0 Å². The molecule has 4 heterocycles. The van der Waals surface area contributed by atoms with Crippen LogP contribution in [-0.2, 0) is 26.5 Å². The molecule has 0 spiro atoms. The van der Waals surface area contributed by atoms with Crippen molar-refractivity contribution in [3.63, 3.8) is 0 Å². The van der Waals surface area contributed by atoms with Crippen LogP contribution in [0.2, 0.25) is 0 Å². The molecule has 0 unspecified atom stereocenters. The normalized spacial score (nSPS) is 11.8. The van der Waals surface area contributed by atoms with Crippen LogP contribution in [0, 0.1) is 17.7 Å². The van der Waals surface area contributed by atoms with E-state index in [9.17, 15) is 4.39 Å². The van der Waals surface area contributed by atoms with Crippen molar-refractivity contribution in [2.24, 2.45) is 0 Å². The third-order valence-corrected chi connectivity index (χ3v) is 8.49. The molecule has 0 aliphatic carbocycles. The summed E-state index contributed by atoms with van der Waals surface area (Å²) in [6, 6.07) is 37.2. The van der Waals surface area contributed by atoms with Crippen molar-refractivity contribution < 1.29 is 29.8 Å². The van der Waals surface area contributed by atoms with Crippen LogP contribution in [0.5, 0.6) is 0 Å². The van der Waals surface area contributed by atoms with Gasteiger partial charge in [0.05, 0.1) is 5.65 Å². The van der Waals surface area contributed by atoms with Crippen LogP contribution >= 0.6 is 0 Å². The molecule has 8 aromatic rings. The summed E-state index contributed by atoms with van der Waals surface area (Å²) in [7, 11) is 0. The van der Waals surface area contributed by atoms with Crippen molar-refractivity contribution in [3.8, 4) is 39.5 Å². The maximum absolute atomic E-state index is 15.1. The number of hydrogen-bond donors (Lipinski definition) is 0. The Morgan fingerprint density at radius 1 is 0.745 bits per heavy atom. The molecular formula is C40H28F2N4Pt. The van der Waals surface area contributed by atoms with Crippen LogP contribution in [0.4, 0.5) is 8.78 Å². The van der Waals surface area contributed by atoms with Gasteiger partial charge in [-0.15, -0.1) is 18.2 Å². The van der Waals surface area contributed by atoms with Gasteiger partial charge in [-0.3, -0.25) is 9.97 Å². The Labute approximate surface area is 285 Å². The molecule has 0 fully saturated rings. The Bertz CT molecular complexity index is 2400. The van der Waals surface area contributed by atoms with E-state index in [1.54, 1.807) is 6.20 Å². The second kappa shape index (κ2) is 11.7. The molecule has 0 aliphatic heterocycles. The Morgan fingerprint density at radius 2 is 1.53 bits per heavy atom. The van der Waals surface area contributed by atoms with Crippen molar-refractivity contribution in [2.75, 3.05) is 0 Å². The van der Waals surface area contributed by atoms with E-state index in [-0.39, 0.29) is 32.0 Å². The van der Waals surface area contributed by atoms with E-state index in [0.717, 1.165) is 44.7 Å². The molecule has 4 aromatic heterocycles. The van der Waals surface area contributed by atoms with E-state index >= 15 is 4.39 Å². The number of halogens is 2. The minimum atomic E-state index is -0.642. The number of para-hydroxylation sites is 1. The summed E-state index contributed by atoms with van der Waals surface area (Å²) in [5, 5.41) is 3.15. The van der Waals surface area contributed by atoms with Crippen LogP contribution in [0.3, 0.4) is 0 Å². The van der Waals surface area contributed by atoms with Gasteiger partial charge in [0.15, 0.2) is 0 Å². The van der Waals surface area contributed by atoms with Crippen LogP contribution in [0.25, 0.3) is 72.3 Å². The number of fused-ring (bicyclic) bond motifs is 4. The second-order valence-electron chi connectivity index (χ2n) is 12.6. The zero-order chi connectivity index (χ0) is 31.6. The summed E-state index contributed by atoms with van der Waals surface area (Å²) in [5.41, 5.74) is 7.42. The standard InChI is InChI=1S/C40H28F2N4.Pt/c1-40(2,3)28-11-16-37-32(22-28)31-14-15-36(45-39(31)46(37)38-21-24-8-4-5-10-35(24)44-38)27-19-25(30-13-12-29(41)23-33(30)42)18-26(20-27)34-9-6-7-17-43-34;/h4-19,21-23H,1-3H3;/q-2;+2. The van der Waals surface area contributed by atoms with Crippen LogP contribution in [0.1, 0.15) is 26.3 Å². The summed E-state index contributed by atoms with van der Waals surface area (Å²) >= 11 is 0. The van der Waals surface area contributed by atoms with E-state index in [1.807, 2.05) is 54.6 Å². The molecule has 8 rings (SSSR count). The zero-order valence-corrected chi connectivity index (χ0v) is 28.1.